The summed E-state index contributed by atoms with van der Waals surface area (Å²) in [4.78, 5) is 15.7. The number of aliphatic hydroxyl groups excluding tert-OH is 1. The lowest BCUT2D eigenvalue weighted by molar-refractivity contribution is 0.0839. The van der Waals surface area contributed by atoms with Gasteiger partial charge in [0.1, 0.15) is 6.33 Å². The van der Waals surface area contributed by atoms with E-state index in [-0.39, 0.29) is 12.4 Å². The fourth-order valence-electron chi connectivity index (χ4n) is 1.63. The highest BCUT2D eigenvalue weighted by molar-refractivity contribution is 5.90. The van der Waals surface area contributed by atoms with E-state index < -0.39 is 11.4 Å². The van der Waals surface area contributed by atoms with E-state index in [1.165, 1.54) is 6.33 Å². The summed E-state index contributed by atoms with van der Waals surface area (Å²) in [5.74, 6) is -0.293. The van der Waals surface area contributed by atoms with Crippen LogP contribution >= 0.6 is 0 Å². The van der Waals surface area contributed by atoms with Crippen LogP contribution in [0, 0.1) is 0 Å². The number of carbonyl (C=O) groups is 1. The van der Waals surface area contributed by atoms with Gasteiger partial charge in [0.2, 0.25) is 5.82 Å². The van der Waals surface area contributed by atoms with Gasteiger partial charge in [0.25, 0.3) is 5.91 Å². The molecule has 94 valence electrons. The predicted octanol–water partition coefficient (Wildman–Crippen LogP) is 0.442. The molecule has 0 aliphatic rings. The third kappa shape index (κ3) is 2.38. The van der Waals surface area contributed by atoms with Crippen molar-refractivity contribution in [1.29, 1.82) is 0 Å². The van der Waals surface area contributed by atoms with Gasteiger partial charge in [0.05, 0.1) is 12.1 Å². The smallest absolute Gasteiger partial charge is 0.289 e. The van der Waals surface area contributed by atoms with Gasteiger partial charge in [-0.2, -0.15) is 5.10 Å². The van der Waals surface area contributed by atoms with Crippen molar-refractivity contribution in [3.63, 3.8) is 0 Å². The Hall–Kier alpha value is -2.21. The van der Waals surface area contributed by atoms with Crippen LogP contribution in [0.3, 0.4) is 0 Å². The van der Waals surface area contributed by atoms with Crippen molar-refractivity contribution in [2.24, 2.45) is 0 Å². The Morgan fingerprint density at radius 1 is 1.44 bits per heavy atom. The summed E-state index contributed by atoms with van der Waals surface area (Å²) in [6.07, 6.45) is 1.26. The molecule has 2 aromatic rings. The fourth-order valence-corrected chi connectivity index (χ4v) is 1.63. The lowest BCUT2D eigenvalue weighted by Gasteiger charge is -2.28. The molecule has 3 N–H and O–H groups in total. The van der Waals surface area contributed by atoms with Crippen molar-refractivity contribution in [1.82, 2.24) is 20.5 Å². The molecule has 6 heteroatoms. The van der Waals surface area contributed by atoms with Crippen LogP contribution in [-0.2, 0) is 5.54 Å². The van der Waals surface area contributed by atoms with E-state index >= 15 is 0 Å². The maximum absolute atomic E-state index is 11.9. The molecule has 1 aromatic carbocycles. The monoisotopic (exact) mass is 246 g/mol. The molecule has 1 atom stereocenters. The Labute approximate surface area is 104 Å². The number of nitrogens with zero attached hydrogens (tertiary/aromatic N) is 2. The number of H-pyrrole nitrogens is 1. The fraction of sp³-hybridized carbons (Fsp3) is 0.250. The second-order valence-corrected chi connectivity index (χ2v) is 4.14. The van der Waals surface area contributed by atoms with E-state index in [1.807, 2.05) is 30.3 Å². The van der Waals surface area contributed by atoms with Crippen molar-refractivity contribution >= 4 is 5.91 Å². The van der Waals surface area contributed by atoms with E-state index in [0.29, 0.717) is 0 Å². The molecule has 6 nitrogen and oxygen atoms in total. The van der Waals surface area contributed by atoms with Crippen molar-refractivity contribution in [3.8, 4) is 0 Å². The molecular weight excluding hydrogens is 232 g/mol. The van der Waals surface area contributed by atoms with E-state index in [2.05, 4.69) is 20.5 Å². The molecule has 1 unspecified atom stereocenters. The number of hydrogen-bond donors (Lipinski definition) is 3. The van der Waals surface area contributed by atoms with Crippen LogP contribution in [0.5, 0.6) is 0 Å². The molecule has 2 rings (SSSR count). The first-order chi connectivity index (χ1) is 8.65. The van der Waals surface area contributed by atoms with Gasteiger partial charge in [-0.25, -0.2) is 4.98 Å². The normalized spacial score (nSPS) is 13.9. The second kappa shape index (κ2) is 4.97. The largest absolute Gasteiger partial charge is 0.394 e. The molecule has 0 aliphatic heterocycles. The molecule has 0 aliphatic carbocycles. The average molecular weight is 246 g/mol. The van der Waals surface area contributed by atoms with Crippen LogP contribution in [0.4, 0.5) is 0 Å². The minimum absolute atomic E-state index is 0.116. The third-order valence-electron chi connectivity index (χ3n) is 2.75. The lowest BCUT2D eigenvalue weighted by Crippen LogP contribution is -2.46. The minimum Gasteiger partial charge on any atom is -0.394 e. The summed E-state index contributed by atoms with van der Waals surface area (Å²) >= 11 is 0. The molecule has 1 heterocycles. The quantitative estimate of drug-likeness (QED) is 0.730. The number of aliphatic hydroxyl groups is 1. The molecule has 18 heavy (non-hydrogen) atoms. The van der Waals surface area contributed by atoms with E-state index in [9.17, 15) is 9.90 Å². The Morgan fingerprint density at radius 3 is 2.72 bits per heavy atom. The van der Waals surface area contributed by atoms with Gasteiger partial charge >= 0.3 is 0 Å². The Bertz CT molecular complexity index is 512. The maximum atomic E-state index is 11.9. The molecule has 0 saturated carbocycles. The highest BCUT2D eigenvalue weighted by Gasteiger charge is 2.28. The Morgan fingerprint density at radius 2 is 2.17 bits per heavy atom. The highest BCUT2D eigenvalue weighted by atomic mass is 16.3. The highest BCUT2D eigenvalue weighted by Crippen LogP contribution is 2.19. The standard InChI is InChI=1S/C12H14N4O2/c1-12(7-17,9-5-3-2-4-6-9)15-11(18)10-13-8-14-16-10/h2-6,8,17H,7H2,1H3,(H,15,18)(H,13,14,16). The van der Waals surface area contributed by atoms with Gasteiger partial charge in [-0.3, -0.25) is 9.89 Å². The summed E-state index contributed by atoms with van der Waals surface area (Å²) in [7, 11) is 0. The van der Waals surface area contributed by atoms with E-state index in [0.717, 1.165) is 5.56 Å². The van der Waals surface area contributed by atoms with Crippen LogP contribution in [0.25, 0.3) is 0 Å². The first-order valence-electron chi connectivity index (χ1n) is 5.50. The number of carbonyl (C=O) groups excluding carboxylic acids is 1. The summed E-state index contributed by atoms with van der Waals surface area (Å²) in [6.45, 7) is 1.54. The SMILES string of the molecule is CC(CO)(NC(=O)c1ncn[nH]1)c1ccccc1. The number of rotatable bonds is 4. The second-order valence-electron chi connectivity index (χ2n) is 4.14. The van der Waals surface area contributed by atoms with Crippen LogP contribution < -0.4 is 5.32 Å². The van der Waals surface area contributed by atoms with E-state index in [4.69, 9.17) is 0 Å². The zero-order valence-electron chi connectivity index (χ0n) is 9.92. The zero-order valence-corrected chi connectivity index (χ0v) is 9.92. The van der Waals surface area contributed by atoms with Gasteiger partial charge in [-0.15, -0.1) is 0 Å². The zero-order chi connectivity index (χ0) is 13.0. The number of aromatic amines is 1. The summed E-state index contributed by atoms with van der Waals surface area (Å²) in [5.41, 5.74) is -0.0362. The molecule has 0 spiro atoms. The number of amides is 1. The van der Waals surface area contributed by atoms with E-state index in [1.54, 1.807) is 6.92 Å². The molecule has 0 fully saturated rings. The first-order valence-corrected chi connectivity index (χ1v) is 5.50. The van der Waals surface area contributed by atoms with Crippen molar-refractivity contribution in [2.75, 3.05) is 6.61 Å². The van der Waals surface area contributed by atoms with Gasteiger partial charge in [0, 0.05) is 0 Å². The van der Waals surface area contributed by atoms with Gasteiger partial charge < -0.3 is 10.4 Å². The summed E-state index contributed by atoms with van der Waals surface area (Å²) in [5, 5.41) is 18.4. The van der Waals surface area contributed by atoms with Crippen molar-refractivity contribution in [2.45, 2.75) is 12.5 Å². The van der Waals surface area contributed by atoms with Crippen LogP contribution in [0.1, 0.15) is 23.1 Å². The number of aromatic nitrogens is 3. The molecule has 1 amide bonds. The van der Waals surface area contributed by atoms with Crippen molar-refractivity contribution in [3.05, 3.63) is 48.0 Å². The summed E-state index contributed by atoms with van der Waals surface area (Å²) in [6, 6.07) is 9.26. The molecule has 1 aromatic heterocycles. The van der Waals surface area contributed by atoms with Gasteiger partial charge in [0.15, 0.2) is 0 Å². The van der Waals surface area contributed by atoms with Gasteiger partial charge in [-0.1, -0.05) is 30.3 Å². The number of hydrogen-bond acceptors (Lipinski definition) is 4. The van der Waals surface area contributed by atoms with Crippen LogP contribution in [-0.4, -0.2) is 32.8 Å². The van der Waals surface area contributed by atoms with Crippen LogP contribution in [0.2, 0.25) is 0 Å². The Balaban J connectivity index is 2.21. The molecule has 0 radical (unpaired) electrons. The molecule has 0 bridgehead atoms. The molecular formula is C12H14N4O2. The predicted molar refractivity (Wildman–Crippen MR) is 64.7 cm³/mol. The first kappa shape index (κ1) is 12.3. The Kier molecular flexibility index (Phi) is 3.38. The van der Waals surface area contributed by atoms with Crippen molar-refractivity contribution < 1.29 is 9.90 Å². The summed E-state index contributed by atoms with van der Waals surface area (Å²) < 4.78 is 0. The third-order valence-corrected chi connectivity index (χ3v) is 2.75. The average Bonchev–Trinajstić information content (AvgIpc) is 2.93. The minimum atomic E-state index is -0.856. The maximum Gasteiger partial charge on any atom is 0.289 e. The molecule has 0 saturated heterocycles. The van der Waals surface area contributed by atoms with Gasteiger partial charge in [-0.05, 0) is 12.5 Å². The number of benzene rings is 1. The number of nitrogens with one attached hydrogen (secondary N) is 2. The topological polar surface area (TPSA) is 90.9 Å². The van der Waals surface area contributed by atoms with Crippen LogP contribution in [0.15, 0.2) is 36.7 Å². The lowest BCUT2D eigenvalue weighted by atomic mass is 9.93.